The number of hydrogen-bond acceptors (Lipinski definition) is 8. The summed E-state index contributed by atoms with van der Waals surface area (Å²) in [7, 11) is 0. The van der Waals surface area contributed by atoms with Gasteiger partial charge in [0.1, 0.15) is 11.5 Å². The van der Waals surface area contributed by atoms with Gasteiger partial charge in [0, 0.05) is 45.6 Å². The third-order valence-electron chi connectivity index (χ3n) is 6.60. The summed E-state index contributed by atoms with van der Waals surface area (Å²) in [4.78, 5) is 48.2. The van der Waals surface area contributed by atoms with Crippen LogP contribution in [-0.2, 0) is 19.2 Å². The molecule has 0 aromatic heterocycles. The largest absolute Gasteiger partial charge is 0.423 e. The molecule has 8 nitrogen and oxygen atoms in total. The fourth-order valence-electron chi connectivity index (χ4n) is 3.91. The van der Waals surface area contributed by atoms with Crippen molar-refractivity contribution in [1.29, 1.82) is 0 Å². The van der Waals surface area contributed by atoms with Gasteiger partial charge in [-0.1, -0.05) is 61.8 Å². The maximum absolute atomic E-state index is 12.4. The highest BCUT2D eigenvalue weighted by Gasteiger charge is 2.19. The molecule has 0 spiro atoms. The van der Waals surface area contributed by atoms with E-state index in [9.17, 15) is 19.2 Å². The Bertz CT molecular complexity index is 2290. The van der Waals surface area contributed by atoms with Gasteiger partial charge in [-0.3, -0.25) is 0 Å². The van der Waals surface area contributed by atoms with Crippen LogP contribution in [0.2, 0.25) is 0 Å². The van der Waals surface area contributed by atoms with Crippen molar-refractivity contribution in [1.82, 2.24) is 0 Å². The van der Waals surface area contributed by atoms with Crippen molar-refractivity contribution in [2.24, 2.45) is 0 Å². The zero-order valence-corrected chi connectivity index (χ0v) is 28.3. The zero-order valence-electron chi connectivity index (χ0n) is 28.3. The normalized spacial score (nSPS) is 9.50. The van der Waals surface area contributed by atoms with Crippen LogP contribution in [0, 0.1) is 35.5 Å². The van der Waals surface area contributed by atoms with Crippen LogP contribution >= 0.6 is 0 Å². The van der Waals surface area contributed by atoms with Gasteiger partial charge in [0.25, 0.3) is 0 Å². The fraction of sp³-hybridized carbons (Fsp3) is 0.0455. The zero-order chi connectivity index (χ0) is 37.6. The van der Waals surface area contributed by atoms with E-state index >= 15 is 0 Å². The van der Waals surface area contributed by atoms with Gasteiger partial charge >= 0.3 is 23.9 Å². The predicted molar refractivity (Wildman–Crippen MR) is 196 cm³/mol. The predicted octanol–water partition coefficient (Wildman–Crippen LogP) is 7.03. The SMILES string of the molecule is C=CC(=O)Oc1c(C#Cc2ccc(C#Cc3ccc(OC(=O)C(=C)C)cc3)cc2)ccc(C#Cc2ccc(OC(=O)C(=C)C)cc2)c1OC(=O)C=C. The summed E-state index contributed by atoms with van der Waals surface area (Å²) >= 11 is 0. The monoisotopic (exact) mass is 686 g/mol. The second-order valence-electron chi connectivity index (χ2n) is 10.8. The molecule has 8 heteroatoms. The Labute approximate surface area is 301 Å². The van der Waals surface area contributed by atoms with E-state index in [1.54, 1.807) is 98.8 Å². The third-order valence-corrected chi connectivity index (χ3v) is 6.60. The summed E-state index contributed by atoms with van der Waals surface area (Å²) in [6.45, 7) is 17.1. The first-order chi connectivity index (χ1) is 24.9. The average Bonchev–Trinajstić information content (AvgIpc) is 3.14. The molecule has 0 N–H and O–H groups in total. The standard InChI is InChI=1S/C44H30O8/c1-7-39(45)51-41-35(21-15-32-12-9-31(10-13-32)11-14-33-17-25-37(26-18-33)49-43(47)29(3)4)23-24-36(42(41)52-40(46)8-2)22-16-34-19-27-38(28-20-34)50-44(48)30(5)6/h7-10,12-13,17-20,23-28H,1-3,5H2,4,6H3. The molecule has 0 unspecified atom stereocenters. The van der Waals surface area contributed by atoms with Gasteiger partial charge < -0.3 is 18.9 Å². The molecule has 4 aromatic rings. The van der Waals surface area contributed by atoms with Gasteiger partial charge in [-0.25, -0.2) is 19.2 Å². The summed E-state index contributed by atoms with van der Waals surface area (Å²) in [6, 6.07) is 23.5. The summed E-state index contributed by atoms with van der Waals surface area (Å²) in [5, 5.41) is 0. The Balaban J connectivity index is 1.61. The molecule has 4 aromatic carbocycles. The highest BCUT2D eigenvalue weighted by Crippen LogP contribution is 2.35. The molecule has 0 aliphatic rings. The lowest BCUT2D eigenvalue weighted by atomic mass is 10.1. The number of esters is 4. The van der Waals surface area contributed by atoms with E-state index in [1.807, 2.05) is 0 Å². The van der Waals surface area contributed by atoms with Gasteiger partial charge in [0.05, 0.1) is 11.1 Å². The van der Waals surface area contributed by atoms with Crippen LogP contribution in [0.4, 0.5) is 0 Å². The van der Waals surface area contributed by atoms with Crippen LogP contribution in [0.25, 0.3) is 0 Å². The van der Waals surface area contributed by atoms with Crippen molar-refractivity contribution in [2.75, 3.05) is 0 Å². The Morgan fingerprint density at radius 3 is 1.04 bits per heavy atom. The van der Waals surface area contributed by atoms with Gasteiger partial charge in [-0.05, 0) is 98.8 Å². The summed E-state index contributed by atoms with van der Waals surface area (Å²) < 4.78 is 21.4. The first-order valence-electron chi connectivity index (χ1n) is 15.4. The van der Waals surface area contributed by atoms with Crippen molar-refractivity contribution >= 4 is 23.9 Å². The second kappa shape index (κ2) is 17.7. The van der Waals surface area contributed by atoms with Gasteiger partial charge in [0.2, 0.25) is 0 Å². The van der Waals surface area contributed by atoms with Gasteiger partial charge in [-0.2, -0.15) is 0 Å². The van der Waals surface area contributed by atoms with Crippen LogP contribution in [0.5, 0.6) is 23.0 Å². The quantitative estimate of drug-likeness (QED) is 0.0843. The highest BCUT2D eigenvalue weighted by atomic mass is 16.6. The minimum atomic E-state index is -0.813. The fourth-order valence-corrected chi connectivity index (χ4v) is 3.91. The van der Waals surface area contributed by atoms with Crippen LogP contribution in [0.1, 0.15) is 47.2 Å². The minimum absolute atomic E-state index is 0.135. The first-order valence-corrected chi connectivity index (χ1v) is 15.4. The lowest BCUT2D eigenvalue weighted by molar-refractivity contribution is -0.131. The van der Waals surface area contributed by atoms with Crippen molar-refractivity contribution in [3.63, 3.8) is 0 Å². The molecule has 0 amide bonds. The third kappa shape index (κ3) is 10.7. The number of carbonyl (C=O) groups excluding carboxylic acids is 4. The molecule has 0 bridgehead atoms. The maximum Gasteiger partial charge on any atom is 0.338 e. The lowest BCUT2D eigenvalue weighted by Crippen LogP contribution is -2.11. The molecule has 0 saturated carbocycles. The Morgan fingerprint density at radius 1 is 0.462 bits per heavy atom. The molecule has 52 heavy (non-hydrogen) atoms. The molecule has 0 aliphatic heterocycles. The Hall–Kier alpha value is -7.60. The molecule has 0 atom stereocenters. The lowest BCUT2D eigenvalue weighted by Gasteiger charge is -2.12. The summed E-state index contributed by atoms with van der Waals surface area (Å²) in [5.74, 6) is 15.8. The summed E-state index contributed by atoms with van der Waals surface area (Å²) in [6.07, 6.45) is 1.92. The van der Waals surface area contributed by atoms with E-state index in [4.69, 9.17) is 18.9 Å². The number of carbonyl (C=O) groups is 4. The molecule has 0 fully saturated rings. The molecule has 0 heterocycles. The molecular weight excluding hydrogens is 656 g/mol. The van der Waals surface area contributed by atoms with Gasteiger partial charge in [-0.15, -0.1) is 0 Å². The number of rotatable bonds is 8. The number of benzene rings is 4. The van der Waals surface area contributed by atoms with Crippen LogP contribution in [0.15, 0.2) is 135 Å². The Morgan fingerprint density at radius 2 is 0.750 bits per heavy atom. The van der Waals surface area contributed by atoms with E-state index in [-0.39, 0.29) is 28.2 Å². The summed E-state index contributed by atoms with van der Waals surface area (Å²) in [5.41, 5.74) is 3.65. The van der Waals surface area contributed by atoms with Crippen molar-refractivity contribution in [3.8, 4) is 58.5 Å². The van der Waals surface area contributed by atoms with Crippen LogP contribution in [0.3, 0.4) is 0 Å². The number of ether oxygens (including phenoxy) is 4. The molecule has 4 rings (SSSR count). The van der Waals surface area contributed by atoms with Gasteiger partial charge in [0.15, 0.2) is 11.5 Å². The number of hydrogen-bond donors (Lipinski definition) is 0. The Kier molecular flexibility index (Phi) is 12.7. The average molecular weight is 687 g/mol. The molecule has 254 valence electrons. The van der Waals surface area contributed by atoms with Crippen LogP contribution in [-0.4, -0.2) is 23.9 Å². The van der Waals surface area contributed by atoms with Crippen LogP contribution < -0.4 is 18.9 Å². The molecule has 0 aliphatic carbocycles. The molecule has 0 saturated heterocycles. The van der Waals surface area contributed by atoms with E-state index in [1.165, 1.54) is 0 Å². The smallest absolute Gasteiger partial charge is 0.338 e. The maximum atomic E-state index is 12.4. The van der Waals surface area contributed by atoms with E-state index in [0.29, 0.717) is 28.2 Å². The van der Waals surface area contributed by atoms with Crippen molar-refractivity contribution in [2.45, 2.75) is 13.8 Å². The molecule has 0 radical (unpaired) electrons. The van der Waals surface area contributed by atoms with Crippen molar-refractivity contribution < 1.29 is 38.1 Å². The topological polar surface area (TPSA) is 105 Å². The van der Waals surface area contributed by atoms with E-state index in [0.717, 1.165) is 23.3 Å². The molecular formula is C44H30O8. The minimum Gasteiger partial charge on any atom is -0.423 e. The first kappa shape index (κ1) is 37.2. The van der Waals surface area contributed by atoms with E-state index in [2.05, 4.69) is 61.8 Å². The van der Waals surface area contributed by atoms with Crippen molar-refractivity contribution in [3.05, 3.63) is 168 Å². The van der Waals surface area contributed by atoms with E-state index < -0.39 is 23.9 Å². The highest BCUT2D eigenvalue weighted by molar-refractivity contribution is 5.89. The second-order valence-corrected chi connectivity index (χ2v) is 10.8.